The highest BCUT2D eigenvalue weighted by Crippen LogP contribution is 2.14. The van der Waals surface area contributed by atoms with Crippen molar-refractivity contribution in [2.24, 2.45) is 0 Å². The van der Waals surface area contributed by atoms with Crippen LogP contribution in [0.2, 0.25) is 0 Å². The summed E-state index contributed by atoms with van der Waals surface area (Å²) >= 11 is 0. The lowest BCUT2D eigenvalue weighted by atomic mass is 10.0. The summed E-state index contributed by atoms with van der Waals surface area (Å²) in [4.78, 5) is 22.4. The Hall–Kier alpha value is -0.770. The first-order chi connectivity index (χ1) is 15.5. The quantitative estimate of drug-likeness (QED) is 0.127. The van der Waals surface area contributed by atoms with Gasteiger partial charge in [-0.2, -0.15) is 0 Å². The summed E-state index contributed by atoms with van der Waals surface area (Å²) in [5.41, 5.74) is 0. The van der Waals surface area contributed by atoms with Crippen molar-refractivity contribution < 1.29 is 34.9 Å². The molecule has 192 valence electrons. The molecule has 0 bridgehead atoms. The van der Waals surface area contributed by atoms with Crippen molar-refractivity contribution >= 4 is 5.91 Å². The van der Waals surface area contributed by atoms with Gasteiger partial charge >= 0.3 is 0 Å². The van der Waals surface area contributed by atoms with Crippen molar-refractivity contribution in [1.29, 1.82) is 0 Å². The minimum Gasteiger partial charge on any atom is -0.394 e. The number of aliphatic hydroxyl groups is 4. The number of hydroxylamine groups is 2. The Morgan fingerprint density at radius 3 is 1.34 bits per heavy atom. The van der Waals surface area contributed by atoms with E-state index in [2.05, 4.69) is 6.92 Å². The molecule has 0 aromatic heterocycles. The van der Waals surface area contributed by atoms with E-state index in [0.717, 1.165) is 12.8 Å². The van der Waals surface area contributed by atoms with Crippen molar-refractivity contribution in [3.8, 4) is 0 Å². The molecule has 8 nitrogen and oxygen atoms in total. The van der Waals surface area contributed by atoms with Gasteiger partial charge in [-0.15, -0.1) is 0 Å². The standard InChI is InChI=1S/C24H49NO7/c1-2-3-4-5-6-7-8-9-10-11-12-13-14-15-16-17-24(30)25(31-20-22(28)18-26)32-21-23(29)19-27/h22-23,26-29H,2-21H2,1H3. The molecule has 8 heteroatoms. The fourth-order valence-corrected chi connectivity index (χ4v) is 3.33. The molecule has 0 aromatic rings. The van der Waals surface area contributed by atoms with Crippen LogP contribution in [0.15, 0.2) is 0 Å². The normalized spacial score (nSPS) is 13.3. The average Bonchev–Trinajstić information content (AvgIpc) is 2.80. The third-order valence-corrected chi connectivity index (χ3v) is 5.39. The molecule has 0 aliphatic rings. The summed E-state index contributed by atoms with van der Waals surface area (Å²) in [7, 11) is 0. The lowest BCUT2D eigenvalue weighted by Gasteiger charge is -2.22. The molecule has 0 saturated heterocycles. The lowest BCUT2D eigenvalue weighted by molar-refractivity contribution is -0.353. The zero-order valence-electron chi connectivity index (χ0n) is 20.3. The first kappa shape index (κ1) is 31.2. The molecule has 0 heterocycles. The highest BCUT2D eigenvalue weighted by molar-refractivity contribution is 5.73. The fourth-order valence-electron chi connectivity index (χ4n) is 3.33. The van der Waals surface area contributed by atoms with Gasteiger partial charge in [0.05, 0.1) is 13.2 Å². The second kappa shape index (κ2) is 23.4. The Morgan fingerprint density at radius 2 is 1.00 bits per heavy atom. The molecular weight excluding hydrogens is 414 g/mol. The van der Waals surface area contributed by atoms with Gasteiger partial charge in [0.2, 0.25) is 0 Å². The molecule has 4 N–H and O–H groups in total. The third-order valence-electron chi connectivity index (χ3n) is 5.39. The maximum Gasteiger partial charge on any atom is 0.273 e. The fraction of sp³-hybridized carbons (Fsp3) is 0.958. The molecule has 32 heavy (non-hydrogen) atoms. The van der Waals surface area contributed by atoms with Crippen LogP contribution >= 0.6 is 0 Å². The summed E-state index contributed by atoms with van der Waals surface area (Å²) < 4.78 is 0. The van der Waals surface area contributed by atoms with Crippen LogP contribution in [0.1, 0.15) is 110 Å². The van der Waals surface area contributed by atoms with E-state index in [9.17, 15) is 15.0 Å². The van der Waals surface area contributed by atoms with Gasteiger partial charge in [0.15, 0.2) is 0 Å². The maximum absolute atomic E-state index is 12.3. The minimum atomic E-state index is -1.14. The Morgan fingerprint density at radius 1 is 0.656 bits per heavy atom. The van der Waals surface area contributed by atoms with Gasteiger partial charge < -0.3 is 20.4 Å². The molecule has 0 rings (SSSR count). The topological polar surface area (TPSA) is 120 Å². The highest BCUT2D eigenvalue weighted by Gasteiger charge is 2.18. The maximum atomic E-state index is 12.3. The van der Waals surface area contributed by atoms with Gasteiger partial charge in [-0.3, -0.25) is 4.79 Å². The Labute approximate surface area is 194 Å². The van der Waals surface area contributed by atoms with Gasteiger partial charge in [-0.25, -0.2) is 9.68 Å². The van der Waals surface area contributed by atoms with E-state index in [-0.39, 0.29) is 19.6 Å². The number of hydrogen-bond acceptors (Lipinski definition) is 7. The van der Waals surface area contributed by atoms with Crippen molar-refractivity contribution in [2.75, 3.05) is 26.4 Å². The lowest BCUT2D eigenvalue weighted by Crippen LogP contribution is -2.37. The number of amides is 1. The number of nitrogens with zero attached hydrogens (tertiary/aromatic N) is 1. The second-order valence-electron chi connectivity index (χ2n) is 8.61. The van der Waals surface area contributed by atoms with E-state index >= 15 is 0 Å². The van der Waals surface area contributed by atoms with Gasteiger partial charge in [-0.05, 0) is 6.42 Å². The molecule has 2 unspecified atom stereocenters. The third kappa shape index (κ3) is 19.9. The first-order valence-electron chi connectivity index (χ1n) is 12.7. The van der Waals surface area contributed by atoms with Crippen molar-refractivity contribution in [2.45, 2.75) is 122 Å². The number of unbranched alkanes of at least 4 members (excludes halogenated alkanes) is 14. The molecule has 0 aliphatic carbocycles. The predicted molar refractivity (Wildman–Crippen MR) is 124 cm³/mol. The van der Waals surface area contributed by atoms with Crippen LogP contribution in [0.25, 0.3) is 0 Å². The zero-order valence-corrected chi connectivity index (χ0v) is 20.3. The molecule has 0 spiro atoms. The molecule has 0 saturated carbocycles. The molecule has 0 aliphatic heterocycles. The van der Waals surface area contributed by atoms with Gasteiger partial charge in [0.1, 0.15) is 25.4 Å². The number of carbonyl (C=O) groups excluding carboxylic acids is 1. The largest absolute Gasteiger partial charge is 0.394 e. The molecular formula is C24H49NO7. The monoisotopic (exact) mass is 463 g/mol. The predicted octanol–water partition coefficient (Wildman–Crippen LogP) is 3.65. The van der Waals surface area contributed by atoms with E-state index in [1.807, 2.05) is 0 Å². The summed E-state index contributed by atoms with van der Waals surface area (Å²) in [5.74, 6) is -0.421. The summed E-state index contributed by atoms with van der Waals surface area (Å²) in [6, 6.07) is 0. The Balaban J connectivity index is 3.72. The minimum absolute atomic E-state index is 0.225. The van der Waals surface area contributed by atoms with Crippen molar-refractivity contribution in [1.82, 2.24) is 5.23 Å². The van der Waals surface area contributed by atoms with Gasteiger partial charge in [0.25, 0.3) is 5.91 Å². The Bertz CT molecular complexity index is 398. The zero-order chi connectivity index (χ0) is 23.9. The average molecular weight is 464 g/mol. The number of carbonyl (C=O) groups is 1. The van der Waals surface area contributed by atoms with E-state index in [1.54, 1.807) is 0 Å². The smallest absolute Gasteiger partial charge is 0.273 e. The SMILES string of the molecule is CCCCCCCCCCCCCCCCCC(=O)N(OCC(O)CO)OCC(O)CO. The molecule has 1 amide bonds. The van der Waals surface area contributed by atoms with Crippen LogP contribution in [-0.4, -0.2) is 70.2 Å². The number of rotatable bonds is 24. The molecule has 0 fully saturated rings. The summed E-state index contributed by atoms with van der Waals surface area (Å²) in [6.07, 6.45) is 16.6. The van der Waals surface area contributed by atoms with Crippen LogP contribution in [0.3, 0.4) is 0 Å². The van der Waals surface area contributed by atoms with Gasteiger partial charge in [0, 0.05) is 6.42 Å². The van der Waals surface area contributed by atoms with Crippen molar-refractivity contribution in [3.05, 3.63) is 0 Å². The van der Waals surface area contributed by atoms with E-state index in [0.29, 0.717) is 11.6 Å². The highest BCUT2D eigenvalue weighted by atomic mass is 17.0. The van der Waals surface area contributed by atoms with Crippen LogP contribution in [-0.2, 0) is 14.5 Å². The number of hydrogen-bond donors (Lipinski definition) is 4. The van der Waals surface area contributed by atoms with Crippen molar-refractivity contribution in [3.63, 3.8) is 0 Å². The molecule has 0 aromatic carbocycles. The number of aliphatic hydroxyl groups excluding tert-OH is 4. The second-order valence-corrected chi connectivity index (χ2v) is 8.61. The van der Waals surface area contributed by atoms with Crippen LogP contribution in [0, 0.1) is 0 Å². The van der Waals surface area contributed by atoms with Crippen LogP contribution in [0.5, 0.6) is 0 Å². The van der Waals surface area contributed by atoms with Crippen LogP contribution in [0.4, 0.5) is 0 Å². The summed E-state index contributed by atoms with van der Waals surface area (Å²) in [5, 5.41) is 37.1. The first-order valence-corrected chi connectivity index (χ1v) is 12.7. The molecule has 0 radical (unpaired) electrons. The van der Waals surface area contributed by atoms with E-state index < -0.39 is 31.3 Å². The summed E-state index contributed by atoms with van der Waals surface area (Å²) in [6.45, 7) is 0.634. The van der Waals surface area contributed by atoms with Crippen LogP contribution < -0.4 is 0 Å². The van der Waals surface area contributed by atoms with Gasteiger partial charge in [-0.1, -0.05) is 102 Å². The van der Waals surface area contributed by atoms with E-state index in [1.165, 1.54) is 77.0 Å². The molecule has 2 atom stereocenters. The Kier molecular flexibility index (Phi) is 22.8. The van der Waals surface area contributed by atoms with E-state index in [4.69, 9.17) is 19.9 Å².